The minimum absolute atomic E-state index is 0.0429. The predicted molar refractivity (Wildman–Crippen MR) is 118 cm³/mol. The molecular formula is C25H25ClN2O4. The molecule has 2 fully saturated rings. The molecule has 6 nitrogen and oxygen atoms in total. The van der Waals surface area contributed by atoms with E-state index in [0.29, 0.717) is 34.0 Å². The van der Waals surface area contributed by atoms with Gasteiger partial charge < -0.3 is 9.26 Å². The van der Waals surface area contributed by atoms with Crippen LogP contribution in [0.15, 0.2) is 46.2 Å². The molecule has 5 unspecified atom stereocenters. The van der Waals surface area contributed by atoms with Crippen LogP contribution in [0.5, 0.6) is 0 Å². The van der Waals surface area contributed by atoms with Crippen LogP contribution >= 0.6 is 11.6 Å². The largest absolute Gasteiger partial charge is 0.483 e. The first kappa shape index (κ1) is 20.0. The van der Waals surface area contributed by atoms with Gasteiger partial charge in [0.15, 0.2) is 17.4 Å². The third-order valence-electron chi connectivity index (χ3n) is 7.71. The number of hydrogen-bond donors (Lipinski definition) is 0. The topological polar surface area (TPSA) is 72.6 Å². The Morgan fingerprint density at radius 1 is 1.09 bits per heavy atom. The summed E-state index contributed by atoms with van der Waals surface area (Å²) in [5.74, 6) is 1.62. The first-order chi connectivity index (χ1) is 15.5. The van der Waals surface area contributed by atoms with Gasteiger partial charge in [0.05, 0.1) is 17.5 Å². The number of Topliss-reactive ketones (excluding diaryl/α,β-unsaturated/α-hetero) is 1. The van der Waals surface area contributed by atoms with Gasteiger partial charge in [-0.15, -0.1) is 0 Å². The van der Waals surface area contributed by atoms with Crippen molar-refractivity contribution in [2.75, 3.05) is 4.90 Å². The third-order valence-corrected chi connectivity index (χ3v) is 7.94. The number of amides is 1. The van der Waals surface area contributed by atoms with Crippen LogP contribution in [0.25, 0.3) is 0 Å². The number of hydrogen-bond acceptors (Lipinski definition) is 5. The Morgan fingerprint density at radius 3 is 2.72 bits per heavy atom. The van der Waals surface area contributed by atoms with Crippen LogP contribution in [0.4, 0.5) is 5.82 Å². The van der Waals surface area contributed by atoms with Crippen LogP contribution in [0.3, 0.4) is 0 Å². The predicted octanol–water partition coefficient (Wildman–Crippen LogP) is 5.16. The van der Waals surface area contributed by atoms with Gasteiger partial charge in [0.1, 0.15) is 11.9 Å². The molecule has 6 rings (SSSR count). The number of fused-ring (bicyclic) bond motifs is 3. The molecule has 2 saturated carbocycles. The Bertz CT molecular complexity index is 1140. The zero-order valence-electron chi connectivity index (χ0n) is 17.9. The lowest BCUT2D eigenvalue weighted by molar-refractivity contribution is -0.139. The third kappa shape index (κ3) is 2.95. The lowest BCUT2D eigenvalue weighted by atomic mass is 9.63. The molecule has 0 N–H and O–H groups in total. The van der Waals surface area contributed by atoms with E-state index in [2.05, 4.69) is 5.16 Å². The molecule has 5 atom stereocenters. The SMILES string of the molecule is Cc1cc(N2C(=O)C3=C(C(=O)C4CCC5CCCCC5C4O3)C2c2cccc(Cl)c2)no1. The Hall–Kier alpha value is -2.60. The van der Waals surface area contributed by atoms with E-state index in [1.54, 1.807) is 25.1 Å². The maximum Gasteiger partial charge on any atom is 0.295 e. The first-order valence-corrected chi connectivity index (χ1v) is 11.9. The lowest BCUT2D eigenvalue weighted by Crippen LogP contribution is -2.48. The van der Waals surface area contributed by atoms with E-state index < -0.39 is 6.04 Å². The summed E-state index contributed by atoms with van der Waals surface area (Å²) < 4.78 is 11.7. The average molecular weight is 453 g/mol. The molecule has 32 heavy (non-hydrogen) atoms. The molecule has 3 heterocycles. The van der Waals surface area contributed by atoms with Gasteiger partial charge in [-0.25, -0.2) is 0 Å². The van der Waals surface area contributed by atoms with Crippen LogP contribution in [0.1, 0.15) is 55.9 Å². The molecule has 0 spiro atoms. The van der Waals surface area contributed by atoms with Crippen molar-refractivity contribution >= 4 is 29.1 Å². The van der Waals surface area contributed by atoms with Gasteiger partial charge >= 0.3 is 0 Å². The van der Waals surface area contributed by atoms with E-state index in [-0.39, 0.29) is 29.5 Å². The molecule has 4 aliphatic rings. The number of benzene rings is 1. The van der Waals surface area contributed by atoms with Crippen molar-refractivity contribution < 1.29 is 18.8 Å². The Morgan fingerprint density at radius 2 is 1.94 bits per heavy atom. The summed E-state index contributed by atoms with van der Waals surface area (Å²) in [5.41, 5.74) is 1.20. The fraction of sp³-hybridized carbons (Fsp3) is 0.480. The fourth-order valence-electron chi connectivity index (χ4n) is 6.32. The molecule has 1 aromatic heterocycles. The van der Waals surface area contributed by atoms with Crippen molar-refractivity contribution in [1.82, 2.24) is 5.16 Å². The van der Waals surface area contributed by atoms with Crippen molar-refractivity contribution in [3.63, 3.8) is 0 Å². The summed E-state index contributed by atoms with van der Waals surface area (Å²) in [6.45, 7) is 1.78. The summed E-state index contributed by atoms with van der Waals surface area (Å²) in [7, 11) is 0. The highest BCUT2D eigenvalue weighted by atomic mass is 35.5. The molecule has 0 saturated heterocycles. The molecule has 7 heteroatoms. The summed E-state index contributed by atoms with van der Waals surface area (Å²) in [6, 6.07) is 8.38. The van der Waals surface area contributed by atoms with Crippen LogP contribution in [-0.2, 0) is 14.3 Å². The van der Waals surface area contributed by atoms with Crippen molar-refractivity contribution in [3.8, 4) is 0 Å². The highest BCUT2D eigenvalue weighted by Gasteiger charge is 2.56. The highest BCUT2D eigenvalue weighted by Crippen LogP contribution is 2.52. The molecule has 1 amide bonds. The Balaban J connectivity index is 1.47. The van der Waals surface area contributed by atoms with Crippen molar-refractivity contribution in [3.05, 3.63) is 58.0 Å². The molecule has 2 aliphatic carbocycles. The zero-order valence-corrected chi connectivity index (χ0v) is 18.7. The van der Waals surface area contributed by atoms with Gasteiger partial charge in [0.25, 0.3) is 5.91 Å². The van der Waals surface area contributed by atoms with Crippen molar-refractivity contribution in [2.45, 2.75) is 57.6 Å². The number of ether oxygens (including phenoxy) is 1. The summed E-state index contributed by atoms with van der Waals surface area (Å²) in [5, 5.41) is 4.64. The maximum atomic E-state index is 13.9. The van der Waals surface area contributed by atoms with E-state index in [9.17, 15) is 9.59 Å². The van der Waals surface area contributed by atoms with Gasteiger partial charge in [0, 0.05) is 11.1 Å². The van der Waals surface area contributed by atoms with Crippen LogP contribution in [0, 0.1) is 24.7 Å². The van der Waals surface area contributed by atoms with Gasteiger partial charge in [-0.3, -0.25) is 14.5 Å². The number of carbonyl (C=O) groups excluding carboxylic acids is 2. The van der Waals surface area contributed by atoms with E-state index in [1.165, 1.54) is 17.7 Å². The maximum absolute atomic E-state index is 13.9. The van der Waals surface area contributed by atoms with E-state index in [0.717, 1.165) is 31.2 Å². The average Bonchev–Trinajstić information content (AvgIpc) is 3.35. The van der Waals surface area contributed by atoms with Gasteiger partial charge in [-0.1, -0.05) is 48.2 Å². The van der Waals surface area contributed by atoms with Crippen LogP contribution in [0.2, 0.25) is 5.02 Å². The second kappa shape index (κ2) is 7.48. The summed E-state index contributed by atoms with van der Waals surface area (Å²) in [6.07, 6.45) is 6.35. The monoisotopic (exact) mass is 452 g/mol. The lowest BCUT2D eigenvalue weighted by Gasteiger charge is -2.46. The normalized spacial score (nSPS) is 31.8. The summed E-state index contributed by atoms with van der Waals surface area (Å²) in [4.78, 5) is 29.1. The van der Waals surface area contributed by atoms with Gasteiger partial charge in [0.2, 0.25) is 0 Å². The first-order valence-electron chi connectivity index (χ1n) is 11.5. The number of carbonyl (C=O) groups is 2. The number of aromatic nitrogens is 1. The minimum atomic E-state index is -0.627. The smallest absolute Gasteiger partial charge is 0.295 e. The molecular weight excluding hydrogens is 428 g/mol. The Kier molecular flexibility index (Phi) is 4.68. The molecule has 0 radical (unpaired) electrons. The van der Waals surface area contributed by atoms with Crippen molar-refractivity contribution in [1.29, 1.82) is 0 Å². The Labute approximate surface area is 191 Å². The van der Waals surface area contributed by atoms with E-state index in [1.807, 2.05) is 12.1 Å². The number of anilines is 1. The number of rotatable bonds is 2. The number of halogens is 1. The summed E-state index contributed by atoms with van der Waals surface area (Å²) >= 11 is 6.29. The van der Waals surface area contributed by atoms with Crippen LogP contribution < -0.4 is 4.90 Å². The second-order valence-electron chi connectivity index (χ2n) is 9.51. The molecule has 0 bridgehead atoms. The molecule has 1 aromatic carbocycles. The van der Waals surface area contributed by atoms with E-state index >= 15 is 0 Å². The highest BCUT2D eigenvalue weighted by molar-refractivity contribution is 6.30. The van der Waals surface area contributed by atoms with Gasteiger partial charge in [-0.05, 0) is 55.7 Å². The standard InChI is InChI=1S/C25H25ClN2O4/c1-13-11-19(27-32-13)28-21(15-6-4-7-16(26)12-15)20-22(29)18-10-9-14-5-2-3-8-17(14)23(18)31-24(20)25(28)30/h4,6-7,11-12,14,17-18,21,23H,2-3,5,8-10H2,1H3. The molecule has 2 aliphatic heterocycles. The zero-order chi connectivity index (χ0) is 22.0. The van der Waals surface area contributed by atoms with E-state index in [4.69, 9.17) is 20.9 Å². The fourth-order valence-corrected chi connectivity index (χ4v) is 6.52. The molecule has 166 valence electrons. The van der Waals surface area contributed by atoms with Crippen molar-refractivity contribution in [2.24, 2.45) is 17.8 Å². The van der Waals surface area contributed by atoms with Gasteiger partial charge in [-0.2, -0.15) is 0 Å². The number of nitrogens with zero attached hydrogens (tertiary/aromatic N) is 2. The number of aryl methyl sites for hydroxylation is 1. The number of ketones is 1. The quantitative estimate of drug-likeness (QED) is 0.629. The molecule has 2 aromatic rings. The van der Waals surface area contributed by atoms with Crippen LogP contribution in [-0.4, -0.2) is 23.0 Å². The minimum Gasteiger partial charge on any atom is -0.483 e. The second-order valence-corrected chi connectivity index (χ2v) is 9.95.